The average Bonchev–Trinajstić information content (AvgIpc) is 2.64. The number of rotatable bonds is 5. The SMILES string of the molecule is C=Bc1ccnc(/C=N/Nc2ncc(F)c(N3CCOCC3)n2)c1. The average molecular weight is 326 g/mol. The van der Waals surface area contributed by atoms with Crippen molar-refractivity contribution in [2.75, 3.05) is 36.6 Å². The van der Waals surface area contributed by atoms with E-state index in [1.807, 2.05) is 17.0 Å². The molecule has 0 radical (unpaired) electrons. The summed E-state index contributed by atoms with van der Waals surface area (Å²) in [5, 5.41) is 4.04. The van der Waals surface area contributed by atoms with Crippen LogP contribution in [0.2, 0.25) is 0 Å². The first-order chi connectivity index (χ1) is 11.8. The summed E-state index contributed by atoms with van der Waals surface area (Å²) in [5.74, 6) is -0.00132. The zero-order valence-corrected chi connectivity index (χ0v) is 13.0. The van der Waals surface area contributed by atoms with Gasteiger partial charge in [0.25, 0.3) is 0 Å². The first-order valence-corrected chi connectivity index (χ1v) is 7.49. The topological polar surface area (TPSA) is 75.5 Å². The number of nitrogens with one attached hydrogen (secondary N) is 1. The number of pyridine rings is 1. The molecule has 3 heterocycles. The van der Waals surface area contributed by atoms with Gasteiger partial charge in [0.2, 0.25) is 0 Å². The van der Waals surface area contributed by atoms with Crippen molar-refractivity contribution in [3.8, 4) is 0 Å². The molecule has 0 aromatic carbocycles. The zero-order valence-electron chi connectivity index (χ0n) is 13.0. The van der Waals surface area contributed by atoms with Crippen molar-refractivity contribution in [2.45, 2.75) is 0 Å². The van der Waals surface area contributed by atoms with Gasteiger partial charge in [-0.15, -0.1) is 0 Å². The second-order valence-corrected chi connectivity index (χ2v) is 5.05. The Morgan fingerprint density at radius 2 is 2.21 bits per heavy atom. The molecule has 9 heteroatoms. The monoisotopic (exact) mass is 326 g/mol. The van der Waals surface area contributed by atoms with E-state index in [9.17, 15) is 4.39 Å². The normalized spacial score (nSPS) is 14.6. The Bertz CT molecular complexity index is 750. The van der Waals surface area contributed by atoms with E-state index in [1.54, 1.807) is 13.1 Å². The summed E-state index contributed by atoms with van der Waals surface area (Å²) in [6.07, 6.45) is 4.34. The minimum absolute atomic E-state index is 0.217. The fourth-order valence-corrected chi connectivity index (χ4v) is 2.23. The van der Waals surface area contributed by atoms with E-state index in [2.05, 4.69) is 31.9 Å². The van der Waals surface area contributed by atoms with Gasteiger partial charge in [0.05, 0.1) is 0 Å². The second kappa shape index (κ2) is 7.74. The van der Waals surface area contributed by atoms with Gasteiger partial charge in [-0.25, -0.2) is 0 Å². The Balaban J connectivity index is 1.70. The third kappa shape index (κ3) is 3.99. The maximum atomic E-state index is 13.9. The Morgan fingerprint density at radius 3 is 3.00 bits per heavy atom. The fraction of sp³-hybridized carbons (Fsp3) is 0.267. The van der Waals surface area contributed by atoms with Gasteiger partial charge in [0, 0.05) is 0 Å². The van der Waals surface area contributed by atoms with Gasteiger partial charge in [0.15, 0.2) is 0 Å². The Kier molecular flexibility index (Phi) is 5.22. The summed E-state index contributed by atoms with van der Waals surface area (Å²) >= 11 is 0. The van der Waals surface area contributed by atoms with E-state index >= 15 is 0 Å². The van der Waals surface area contributed by atoms with Crippen LogP contribution in [0.3, 0.4) is 0 Å². The molecule has 1 aliphatic rings. The third-order valence-electron chi connectivity index (χ3n) is 3.44. The summed E-state index contributed by atoms with van der Waals surface area (Å²) in [5.41, 5.74) is 4.30. The summed E-state index contributed by atoms with van der Waals surface area (Å²) < 4.78 is 19.2. The first kappa shape index (κ1) is 16.2. The number of morpholine rings is 1. The van der Waals surface area contributed by atoms with Gasteiger partial charge in [0.1, 0.15) is 0 Å². The molecule has 0 bridgehead atoms. The molecule has 2 aromatic rings. The molecular formula is C15H16BFN6O. The number of halogens is 1. The van der Waals surface area contributed by atoms with Crippen LogP contribution in [0.1, 0.15) is 5.69 Å². The molecule has 1 fully saturated rings. The third-order valence-corrected chi connectivity index (χ3v) is 3.44. The number of ether oxygens (including phenoxy) is 1. The van der Waals surface area contributed by atoms with Crippen molar-refractivity contribution in [1.29, 1.82) is 0 Å². The van der Waals surface area contributed by atoms with Gasteiger partial charge in [-0.3, -0.25) is 0 Å². The van der Waals surface area contributed by atoms with Crippen LogP contribution in [0, 0.1) is 5.82 Å². The molecule has 122 valence electrons. The van der Waals surface area contributed by atoms with Crippen molar-refractivity contribution >= 4 is 36.8 Å². The van der Waals surface area contributed by atoms with E-state index in [-0.39, 0.29) is 11.8 Å². The number of aromatic nitrogens is 3. The number of hydrogen-bond acceptors (Lipinski definition) is 7. The predicted molar refractivity (Wildman–Crippen MR) is 93.0 cm³/mol. The van der Waals surface area contributed by atoms with Crippen molar-refractivity contribution in [3.63, 3.8) is 0 Å². The van der Waals surface area contributed by atoms with E-state index in [0.717, 1.165) is 11.7 Å². The van der Waals surface area contributed by atoms with Crippen LogP contribution in [0.5, 0.6) is 0 Å². The van der Waals surface area contributed by atoms with Crippen LogP contribution < -0.4 is 15.8 Å². The maximum absolute atomic E-state index is 13.9. The molecule has 0 amide bonds. The summed E-state index contributed by atoms with van der Waals surface area (Å²) in [7, 11) is 0. The fourth-order valence-electron chi connectivity index (χ4n) is 2.23. The standard InChI is InChI=1S/C15H16BFN6O/c1-16-11-2-3-18-12(8-11)9-20-22-15-19-10-13(17)14(21-15)23-4-6-24-7-5-23/h2-3,8-10H,1,4-7H2,(H,19,21,22)/b20-9+. The Hall–Kier alpha value is -2.68. The second-order valence-electron chi connectivity index (χ2n) is 5.05. The molecule has 0 aliphatic carbocycles. The van der Waals surface area contributed by atoms with Gasteiger partial charge >= 0.3 is 134 Å². The number of nitrogens with zero attached hydrogens (tertiary/aromatic N) is 5. The van der Waals surface area contributed by atoms with Crippen LogP contribution in [0.25, 0.3) is 0 Å². The molecule has 3 rings (SSSR count). The van der Waals surface area contributed by atoms with Gasteiger partial charge in [-0.2, -0.15) is 0 Å². The summed E-state index contributed by atoms with van der Waals surface area (Å²) in [4.78, 5) is 14.1. The van der Waals surface area contributed by atoms with Crippen molar-refractivity contribution in [1.82, 2.24) is 15.0 Å². The van der Waals surface area contributed by atoms with E-state index < -0.39 is 5.82 Å². The Morgan fingerprint density at radius 1 is 1.38 bits per heavy atom. The van der Waals surface area contributed by atoms with E-state index in [0.29, 0.717) is 32.0 Å². The van der Waals surface area contributed by atoms with Gasteiger partial charge < -0.3 is 4.74 Å². The molecule has 0 spiro atoms. The summed E-state index contributed by atoms with van der Waals surface area (Å²) in [6.45, 7) is 7.72. The van der Waals surface area contributed by atoms with Crippen LogP contribution in [-0.2, 0) is 4.74 Å². The molecular weight excluding hydrogens is 310 g/mol. The molecule has 0 unspecified atom stereocenters. The van der Waals surface area contributed by atoms with Crippen LogP contribution in [0.4, 0.5) is 16.2 Å². The molecule has 2 aromatic heterocycles. The van der Waals surface area contributed by atoms with Crippen molar-refractivity contribution in [3.05, 3.63) is 36.0 Å². The number of hydrogen-bond donors (Lipinski definition) is 1. The number of anilines is 2. The molecule has 24 heavy (non-hydrogen) atoms. The number of hydrazone groups is 1. The molecule has 7 nitrogen and oxygen atoms in total. The van der Waals surface area contributed by atoms with E-state index in [4.69, 9.17) is 4.74 Å². The van der Waals surface area contributed by atoms with Crippen molar-refractivity contribution in [2.24, 2.45) is 5.10 Å². The van der Waals surface area contributed by atoms with Gasteiger partial charge in [-0.05, 0) is 0 Å². The minimum atomic E-state index is -0.466. The molecule has 0 saturated carbocycles. The van der Waals surface area contributed by atoms with Crippen LogP contribution in [0.15, 0.2) is 29.6 Å². The predicted octanol–water partition coefficient (Wildman–Crippen LogP) is 0.0548. The van der Waals surface area contributed by atoms with E-state index in [1.165, 1.54) is 6.21 Å². The van der Waals surface area contributed by atoms with Crippen molar-refractivity contribution < 1.29 is 9.13 Å². The molecule has 1 N–H and O–H groups in total. The summed E-state index contributed by atoms with van der Waals surface area (Å²) in [6, 6.07) is 3.68. The Labute approximate surface area is 139 Å². The zero-order chi connectivity index (χ0) is 16.8. The molecule has 0 atom stereocenters. The first-order valence-electron chi connectivity index (χ1n) is 7.49. The van der Waals surface area contributed by atoms with Crippen LogP contribution >= 0.6 is 0 Å². The molecule has 1 aliphatic heterocycles. The van der Waals surface area contributed by atoms with Gasteiger partial charge in [-0.1, -0.05) is 0 Å². The quantitative estimate of drug-likeness (QED) is 0.476. The molecule has 1 saturated heterocycles. The van der Waals surface area contributed by atoms with Crippen LogP contribution in [-0.4, -0.2) is 60.9 Å².